The zero-order valence-electron chi connectivity index (χ0n) is 20.6. The van der Waals surface area contributed by atoms with Gasteiger partial charge in [-0.3, -0.25) is 9.10 Å². The number of benzene rings is 2. The molecule has 1 aliphatic heterocycles. The first-order valence-electron chi connectivity index (χ1n) is 11.3. The maximum absolute atomic E-state index is 13.2. The molecule has 0 bridgehead atoms. The highest BCUT2D eigenvalue weighted by Crippen LogP contribution is 2.41. The largest absolute Gasteiger partial charge is 0.481 e. The number of rotatable bonds is 5. The van der Waals surface area contributed by atoms with Gasteiger partial charge in [0.15, 0.2) is 0 Å². The second-order valence-electron chi connectivity index (χ2n) is 8.17. The van der Waals surface area contributed by atoms with Gasteiger partial charge in [0.05, 0.1) is 16.6 Å². The van der Waals surface area contributed by atoms with E-state index in [0.717, 1.165) is 24.0 Å². The zero-order chi connectivity index (χ0) is 25.4. The van der Waals surface area contributed by atoms with Gasteiger partial charge in [-0.05, 0) is 56.0 Å². The first-order chi connectivity index (χ1) is 15.4. The fourth-order valence-corrected chi connectivity index (χ4v) is 5.01. The number of para-hydroxylation sites is 1. The highest BCUT2D eigenvalue weighted by Gasteiger charge is 2.36. The van der Waals surface area contributed by atoms with Crippen molar-refractivity contribution in [1.29, 1.82) is 0 Å². The highest BCUT2D eigenvalue weighted by atomic mass is 35.5. The van der Waals surface area contributed by atoms with Crippen molar-refractivity contribution in [1.82, 2.24) is 5.32 Å². The molecule has 1 aliphatic rings. The lowest BCUT2D eigenvalue weighted by molar-refractivity contribution is -0.137. The molecule has 33 heavy (non-hydrogen) atoms. The van der Waals surface area contributed by atoms with E-state index in [9.17, 15) is 13.2 Å². The number of aliphatic carboxylic acids is 1. The number of halogens is 1. The molecule has 6 nitrogen and oxygen atoms in total. The number of carboxylic acids is 1. The fourth-order valence-electron chi connectivity index (χ4n) is 3.30. The predicted octanol–water partition coefficient (Wildman–Crippen LogP) is 6.24. The Bertz CT molecular complexity index is 1040. The smallest absolute Gasteiger partial charge is 0.303 e. The monoisotopic (exact) mass is 496 g/mol. The third-order valence-corrected chi connectivity index (χ3v) is 7.46. The van der Waals surface area contributed by atoms with Crippen LogP contribution in [0, 0.1) is 0 Å². The van der Waals surface area contributed by atoms with Crippen LogP contribution in [0.5, 0.6) is 0 Å². The van der Waals surface area contributed by atoms with E-state index >= 15 is 0 Å². The average Bonchev–Trinajstić information content (AvgIpc) is 2.84. The van der Waals surface area contributed by atoms with E-state index in [4.69, 9.17) is 16.7 Å². The first-order valence-corrected chi connectivity index (χ1v) is 13.1. The number of nitrogens with zero attached hydrogens (tertiary/aromatic N) is 1. The number of nitrogens with one attached hydrogen (secondary N) is 1. The maximum atomic E-state index is 13.2. The summed E-state index contributed by atoms with van der Waals surface area (Å²) in [7, 11) is -2.09. The van der Waals surface area contributed by atoms with Crippen LogP contribution in [0.2, 0.25) is 5.02 Å². The van der Waals surface area contributed by atoms with Gasteiger partial charge in [0.1, 0.15) is 0 Å². The van der Waals surface area contributed by atoms with E-state index in [0.29, 0.717) is 17.1 Å². The van der Waals surface area contributed by atoms with E-state index in [1.807, 2.05) is 51.1 Å². The van der Waals surface area contributed by atoms with Gasteiger partial charge in [-0.1, -0.05) is 63.6 Å². The van der Waals surface area contributed by atoms with Crippen LogP contribution in [0.1, 0.15) is 78.0 Å². The Morgan fingerprint density at radius 1 is 1.12 bits per heavy atom. The quantitative estimate of drug-likeness (QED) is 0.511. The predicted molar refractivity (Wildman–Crippen MR) is 137 cm³/mol. The Kier molecular flexibility index (Phi) is 10.9. The van der Waals surface area contributed by atoms with Crippen LogP contribution in [-0.2, 0) is 14.8 Å². The molecule has 0 amide bonds. The molecule has 184 valence electrons. The van der Waals surface area contributed by atoms with Crippen LogP contribution in [0.3, 0.4) is 0 Å². The van der Waals surface area contributed by atoms with Crippen LogP contribution >= 0.6 is 11.6 Å². The number of fused-ring (bicyclic) bond motifs is 2. The average molecular weight is 497 g/mol. The molecule has 0 fully saturated rings. The summed E-state index contributed by atoms with van der Waals surface area (Å²) in [4.78, 5) is 9.85. The number of hydrogen-bond donors (Lipinski definition) is 2. The molecular weight excluding hydrogens is 460 g/mol. The Morgan fingerprint density at radius 3 is 2.24 bits per heavy atom. The topological polar surface area (TPSA) is 86.7 Å². The molecule has 1 heterocycles. The van der Waals surface area contributed by atoms with Crippen molar-refractivity contribution in [3.8, 4) is 0 Å². The standard InChI is InChI=1S/C19H23ClN2O2S.C4H8O2.C2H6/c1-5-19(2,3)21-18-14-8-6-7-9-16(14)22(4)25(23,24)17-12-13(20)10-11-15(17)18;1-2-3-4(5)6;1-2/h6-12,18,21H,5H2,1-4H3;2-3H2,1H3,(H,5,6);1-2H3. The van der Waals surface area contributed by atoms with E-state index in [1.54, 1.807) is 19.2 Å². The van der Waals surface area contributed by atoms with Gasteiger partial charge < -0.3 is 10.4 Å². The summed E-state index contributed by atoms with van der Waals surface area (Å²) in [5.41, 5.74) is 2.19. The molecule has 3 rings (SSSR count). The normalized spacial score (nSPS) is 16.1. The second kappa shape index (κ2) is 12.4. The molecule has 0 aliphatic carbocycles. The summed E-state index contributed by atoms with van der Waals surface area (Å²) < 4.78 is 27.7. The lowest BCUT2D eigenvalue weighted by Crippen LogP contribution is -2.41. The molecule has 0 radical (unpaired) electrons. The van der Waals surface area contributed by atoms with Gasteiger partial charge in [0.25, 0.3) is 10.0 Å². The molecule has 2 aromatic rings. The van der Waals surface area contributed by atoms with Crippen LogP contribution in [0.25, 0.3) is 0 Å². The van der Waals surface area contributed by atoms with Crippen LogP contribution in [0.4, 0.5) is 5.69 Å². The summed E-state index contributed by atoms with van der Waals surface area (Å²) in [6.45, 7) is 12.2. The fraction of sp³-hybridized carbons (Fsp3) is 0.480. The van der Waals surface area contributed by atoms with Gasteiger partial charge in [-0.2, -0.15) is 0 Å². The van der Waals surface area contributed by atoms with Gasteiger partial charge in [0, 0.05) is 24.0 Å². The van der Waals surface area contributed by atoms with Crippen LogP contribution < -0.4 is 9.62 Å². The number of carboxylic acid groups (broad SMARTS) is 1. The van der Waals surface area contributed by atoms with Gasteiger partial charge in [0.2, 0.25) is 0 Å². The molecule has 0 saturated carbocycles. The highest BCUT2D eigenvalue weighted by molar-refractivity contribution is 7.92. The van der Waals surface area contributed by atoms with E-state index < -0.39 is 16.0 Å². The molecular formula is C25H37ClN2O4S. The molecule has 2 aromatic carbocycles. The molecule has 0 aromatic heterocycles. The van der Waals surface area contributed by atoms with Crippen molar-refractivity contribution in [2.24, 2.45) is 0 Å². The third-order valence-electron chi connectivity index (χ3n) is 5.39. The van der Waals surface area contributed by atoms with Crippen LogP contribution in [-0.4, -0.2) is 32.1 Å². The minimum Gasteiger partial charge on any atom is -0.481 e. The second-order valence-corrected chi connectivity index (χ2v) is 10.5. The van der Waals surface area contributed by atoms with Gasteiger partial charge >= 0.3 is 5.97 Å². The molecule has 1 atom stereocenters. The molecule has 8 heteroatoms. The first kappa shape index (κ1) is 28.9. The number of hydrogen-bond acceptors (Lipinski definition) is 4. The maximum Gasteiger partial charge on any atom is 0.303 e. The lowest BCUT2D eigenvalue weighted by Gasteiger charge is -2.32. The molecule has 1 unspecified atom stereocenters. The Hall–Kier alpha value is -2.09. The van der Waals surface area contributed by atoms with Crippen molar-refractivity contribution in [3.05, 3.63) is 58.6 Å². The van der Waals surface area contributed by atoms with Crippen molar-refractivity contribution >= 4 is 33.3 Å². The van der Waals surface area contributed by atoms with Gasteiger partial charge in [-0.15, -0.1) is 0 Å². The van der Waals surface area contributed by atoms with E-state index in [2.05, 4.69) is 26.1 Å². The van der Waals surface area contributed by atoms with E-state index in [-0.39, 0.29) is 16.5 Å². The summed E-state index contributed by atoms with van der Waals surface area (Å²) in [5, 5.41) is 12.0. The van der Waals surface area contributed by atoms with Gasteiger partial charge in [-0.25, -0.2) is 8.42 Å². The minimum atomic E-state index is -3.68. The molecule has 2 N–H and O–H groups in total. The summed E-state index contributed by atoms with van der Waals surface area (Å²) in [5.74, 6) is -0.711. The Labute approximate surface area is 204 Å². The van der Waals surface area contributed by atoms with E-state index in [1.165, 1.54) is 4.31 Å². The van der Waals surface area contributed by atoms with Crippen molar-refractivity contribution < 1.29 is 18.3 Å². The number of carbonyl (C=O) groups is 1. The Morgan fingerprint density at radius 2 is 1.73 bits per heavy atom. The van der Waals surface area contributed by atoms with Crippen molar-refractivity contribution in [2.75, 3.05) is 11.4 Å². The zero-order valence-corrected chi connectivity index (χ0v) is 22.2. The summed E-state index contributed by atoms with van der Waals surface area (Å²) in [6.07, 6.45) is 1.94. The summed E-state index contributed by atoms with van der Waals surface area (Å²) >= 11 is 6.12. The van der Waals surface area contributed by atoms with Crippen molar-refractivity contribution in [2.45, 2.75) is 77.3 Å². The molecule has 0 spiro atoms. The SMILES string of the molecule is CC.CCC(C)(C)NC1c2ccccc2N(C)S(=O)(=O)c2cc(Cl)ccc21.CCCC(=O)O. The Balaban J connectivity index is 0.000000593. The van der Waals surface area contributed by atoms with Crippen molar-refractivity contribution in [3.63, 3.8) is 0 Å². The molecule has 0 saturated heterocycles. The van der Waals surface area contributed by atoms with Crippen LogP contribution in [0.15, 0.2) is 47.4 Å². The third kappa shape index (κ3) is 7.19. The lowest BCUT2D eigenvalue weighted by atomic mass is 9.92. The number of anilines is 1. The summed E-state index contributed by atoms with van der Waals surface area (Å²) in [6, 6.07) is 12.5. The minimum absolute atomic E-state index is 0.151. The number of sulfonamides is 1.